The van der Waals surface area contributed by atoms with E-state index in [-0.39, 0.29) is 37.6 Å². The van der Waals surface area contributed by atoms with Crippen LogP contribution in [0.1, 0.15) is 41.5 Å². The summed E-state index contributed by atoms with van der Waals surface area (Å²) < 4.78 is 45.4. The first-order valence-electron chi connectivity index (χ1n) is 16.7. The van der Waals surface area contributed by atoms with Crippen LogP contribution in [0.4, 0.5) is 0 Å². The van der Waals surface area contributed by atoms with E-state index in [4.69, 9.17) is 52.8 Å². The maximum Gasteiger partial charge on any atom is 0.333 e. The van der Waals surface area contributed by atoms with Gasteiger partial charge in [0, 0.05) is 33.4 Å². The normalized spacial score (nSPS) is 9.49. The van der Waals surface area contributed by atoms with Crippen molar-refractivity contribution in [1.29, 1.82) is 0 Å². The Morgan fingerprint density at radius 1 is 0.309 bits per heavy atom. The van der Waals surface area contributed by atoms with Crippen LogP contribution in [-0.2, 0) is 71.4 Å². The smallest absolute Gasteiger partial charge is 0.333 e. The maximum absolute atomic E-state index is 11.0. The molecule has 0 fully saturated rings. The third kappa shape index (κ3) is 47.0. The van der Waals surface area contributed by atoms with Gasteiger partial charge in [0.15, 0.2) is 0 Å². The van der Waals surface area contributed by atoms with Crippen molar-refractivity contribution in [2.75, 3.05) is 92.5 Å². The molecule has 0 aliphatic carbocycles. The number of aliphatic carboxylic acids is 2. The first-order valence-corrected chi connectivity index (χ1v) is 16.7. The van der Waals surface area contributed by atoms with Crippen LogP contribution in [0, 0.1) is 0 Å². The summed E-state index contributed by atoms with van der Waals surface area (Å²) in [5, 5.41) is 15.8. The molecule has 0 radical (unpaired) electrons. The highest BCUT2D eigenvalue weighted by molar-refractivity contribution is 5.88. The molecule has 0 unspecified atom stereocenters. The van der Waals surface area contributed by atoms with Crippen LogP contribution >= 0.6 is 0 Å². The SMILES string of the molecule is C=C(C)C(=O)O.C=C(C)C(=O)O.C=C(C)C(=O)OCCOCCOCCOC(=O)C(=C)C.C=C(C)C(=O)OCCOCCOCCOCCOC(=O)C(=C)C. The topological polar surface area (TPSA) is 226 Å². The summed E-state index contributed by atoms with van der Waals surface area (Å²) in [5.74, 6) is -3.56. The molecule has 0 rings (SSSR count). The number of hydrogen-bond donors (Lipinski definition) is 2. The molecule has 17 heteroatoms. The average Bonchev–Trinajstić information content (AvgIpc) is 3.10. The molecule has 0 spiro atoms. The molecular weight excluding hydrogens is 728 g/mol. The summed E-state index contributed by atoms with van der Waals surface area (Å²) in [5.41, 5.74) is 1.80. The highest BCUT2D eigenvalue weighted by Gasteiger charge is 2.05. The number of carboxylic acid groups (broad SMARTS) is 2. The fourth-order valence-corrected chi connectivity index (χ4v) is 2.13. The lowest BCUT2D eigenvalue weighted by molar-refractivity contribution is -0.142. The molecule has 0 aromatic rings. The third-order valence-corrected chi connectivity index (χ3v) is 5.08. The number of carbonyl (C=O) groups is 6. The number of rotatable bonds is 27. The van der Waals surface area contributed by atoms with Crippen LogP contribution < -0.4 is 0 Å². The molecule has 0 atom stereocenters. The Balaban J connectivity index is -0.000000366. The summed E-state index contributed by atoms with van der Waals surface area (Å²) in [4.78, 5) is 63.3. The summed E-state index contributed by atoms with van der Waals surface area (Å²) in [6, 6.07) is 0. The molecule has 0 bridgehead atoms. The van der Waals surface area contributed by atoms with Gasteiger partial charge >= 0.3 is 35.8 Å². The Kier molecular flexibility index (Phi) is 40.0. The van der Waals surface area contributed by atoms with Crippen molar-refractivity contribution in [1.82, 2.24) is 0 Å². The minimum Gasteiger partial charge on any atom is -0.478 e. The zero-order valence-electron chi connectivity index (χ0n) is 33.2. The third-order valence-electron chi connectivity index (χ3n) is 5.08. The van der Waals surface area contributed by atoms with Gasteiger partial charge in [0.1, 0.15) is 26.4 Å². The summed E-state index contributed by atoms with van der Waals surface area (Å²) in [7, 11) is 0. The quantitative estimate of drug-likeness (QED) is 0.0522. The number of hydrogen-bond acceptors (Lipinski definition) is 15. The van der Waals surface area contributed by atoms with E-state index < -0.39 is 35.8 Å². The van der Waals surface area contributed by atoms with Crippen molar-refractivity contribution in [3.8, 4) is 0 Å². The van der Waals surface area contributed by atoms with Crippen molar-refractivity contribution in [2.24, 2.45) is 0 Å². The Labute approximate surface area is 324 Å². The van der Waals surface area contributed by atoms with Crippen molar-refractivity contribution in [2.45, 2.75) is 41.5 Å². The molecule has 0 aliphatic heterocycles. The Bertz CT molecular complexity index is 1130. The highest BCUT2D eigenvalue weighted by Crippen LogP contribution is 1.95. The fourth-order valence-electron chi connectivity index (χ4n) is 2.13. The van der Waals surface area contributed by atoms with E-state index >= 15 is 0 Å². The number of carbonyl (C=O) groups excluding carboxylic acids is 4. The molecule has 17 nitrogen and oxygen atoms in total. The first-order chi connectivity index (χ1) is 25.7. The second-order valence-corrected chi connectivity index (χ2v) is 10.9. The van der Waals surface area contributed by atoms with Gasteiger partial charge in [-0.05, 0) is 41.5 Å². The van der Waals surface area contributed by atoms with Gasteiger partial charge < -0.3 is 52.8 Å². The zero-order valence-corrected chi connectivity index (χ0v) is 33.2. The zero-order chi connectivity index (χ0) is 43.2. The molecule has 0 saturated heterocycles. The minimum atomic E-state index is -0.935. The molecule has 0 saturated carbocycles. The lowest BCUT2D eigenvalue weighted by Gasteiger charge is -2.08. The summed E-state index contributed by atoms with van der Waals surface area (Å²) in [6.07, 6.45) is 0. The second-order valence-electron chi connectivity index (χ2n) is 10.9. The van der Waals surface area contributed by atoms with E-state index in [0.29, 0.717) is 88.4 Å². The largest absolute Gasteiger partial charge is 0.478 e. The van der Waals surface area contributed by atoms with Crippen molar-refractivity contribution in [3.63, 3.8) is 0 Å². The second kappa shape index (κ2) is 38.8. The standard InChI is InChI=1S/C16H26O7.C14H22O6.2C4H6O2/c1-13(2)15(17)22-11-9-20-7-5-19-6-8-21-10-12-23-16(18)14(3)4;1-11(2)13(15)19-9-7-17-5-6-18-8-10-20-14(16)12(3)4;2*1-3(2)4(5)6/h1,3,5-12H2,2,4H3;1,3,5-10H2,2,4H3;2*1H2,2H3,(H,5,6). The van der Waals surface area contributed by atoms with Crippen LogP contribution in [0.3, 0.4) is 0 Å². The van der Waals surface area contributed by atoms with Crippen molar-refractivity contribution in [3.05, 3.63) is 72.9 Å². The monoisotopic (exact) mass is 788 g/mol. The molecule has 2 N–H and O–H groups in total. The predicted molar refractivity (Wildman–Crippen MR) is 202 cm³/mol. The van der Waals surface area contributed by atoms with Gasteiger partial charge in [-0.25, -0.2) is 28.8 Å². The first kappa shape index (κ1) is 56.8. The number of ether oxygens (including phenoxy) is 9. The van der Waals surface area contributed by atoms with Crippen LogP contribution in [0.25, 0.3) is 0 Å². The van der Waals surface area contributed by atoms with Gasteiger partial charge in [-0.2, -0.15) is 0 Å². The van der Waals surface area contributed by atoms with E-state index in [1.165, 1.54) is 13.8 Å². The molecule has 55 heavy (non-hydrogen) atoms. The van der Waals surface area contributed by atoms with Gasteiger partial charge in [-0.15, -0.1) is 0 Å². The van der Waals surface area contributed by atoms with Gasteiger partial charge in [0.25, 0.3) is 0 Å². The van der Waals surface area contributed by atoms with Crippen LogP contribution in [0.15, 0.2) is 72.9 Å². The van der Waals surface area contributed by atoms with E-state index in [2.05, 4.69) is 39.5 Å². The van der Waals surface area contributed by atoms with E-state index in [1.54, 1.807) is 27.7 Å². The molecule has 0 aromatic heterocycles. The van der Waals surface area contributed by atoms with Crippen LogP contribution in [0.2, 0.25) is 0 Å². The predicted octanol–water partition coefficient (Wildman–Crippen LogP) is 3.83. The fraction of sp³-hybridized carbons (Fsp3) is 0.526. The Hall–Kier alpha value is -4.94. The molecule has 314 valence electrons. The molecule has 0 heterocycles. The van der Waals surface area contributed by atoms with E-state index in [0.717, 1.165) is 0 Å². The number of carboxylic acids is 2. The van der Waals surface area contributed by atoms with Crippen LogP contribution in [-0.4, -0.2) is 139 Å². The van der Waals surface area contributed by atoms with E-state index in [9.17, 15) is 28.8 Å². The summed E-state index contributed by atoms with van der Waals surface area (Å²) >= 11 is 0. The minimum absolute atomic E-state index is 0.176. The Morgan fingerprint density at radius 3 is 0.545 bits per heavy atom. The molecule has 0 amide bonds. The van der Waals surface area contributed by atoms with Gasteiger partial charge in [0.05, 0.1) is 66.1 Å². The molecular formula is C38H60O17. The van der Waals surface area contributed by atoms with Crippen molar-refractivity contribution < 1.29 is 81.6 Å². The van der Waals surface area contributed by atoms with Gasteiger partial charge in [-0.3, -0.25) is 0 Å². The van der Waals surface area contributed by atoms with Gasteiger partial charge in [0.2, 0.25) is 0 Å². The van der Waals surface area contributed by atoms with E-state index in [1.807, 2.05) is 0 Å². The lowest BCUT2D eigenvalue weighted by atomic mass is 10.4. The molecule has 0 aliphatic rings. The van der Waals surface area contributed by atoms with Gasteiger partial charge in [-0.1, -0.05) is 39.5 Å². The average molecular weight is 789 g/mol. The maximum atomic E-state index is 11.0. The Morgan fingerprint density at radius 2 is 0.436 bits per heavy atom. The lowest BCUT2D eigenvalue weighted by Crippen LogP contribution is -2.15. The highest BCUT2D eigenvalue weighted by atomic mass is 16.6. The summed E-state index contributed by atoms with van der Waals surface area (Å²) in [6.45, 7) is 33.8. The van der Waals surface area contributed by atoms with Crippen LogP contribution in [0.5, 0.6) is 0 Å². The molecule has 0 aromatic carbocycles. The van der Waals surface area contributed by atoms with Crippen molar-refractivity contribution >= 4 is 35.8 Å². The number of esters is 4.